The minimum absolute atomic E-state index is 0.0324. The number of nitrogens with zero attached hydrogens (tertiary/aromatic N) is 4. The van der Waals surface area contributed by atoms with Gasteiger partial charge in [0.05, 0.1) is 10.7 Å². The van der Waals surface area contributed by atoms with Gasteiger partial charge in [-0.25, -0.2) is 10.4 Å². The lowest BCUT2D eigenvalue weighted by molar-refractivity contribution is -0.123. The first kappa shape index (κ1) is 22.5. The second kappa shape index (κ2) is 10.7. The quantitative estimate of drug-likeness (QED) is 0.425. The molecule has 1 aliphatic heterocycles. The Morgan fingerprint density at radius 2 is 1.97 bits per heavy atom. The number of rotatable bonds is 6. The van der Waals surface area contributed by atoms with Crippen molar-refractivity contribution in [2.24, 2.45) is 5.10 Å². The number of hydrogen-bond donors (Lipinski definition) is 2. The molecule has 10 heteroatoms. The van der Waals surface area contributed by atoms with Crippen molar-refractivity contribution in [2.75, 3.05) is 24.6 Å². The molecule has 3 rings (SSSR count). The Bertz CT molecular complexity index is 931. The SMILES string of the molecule is Cc1cc(OCC(=O)NN=Cc2cc(Br)cc(Br)c2O)nc(N2CCCCCC2)n1. The number of carbonyl (C=O) groups is 1. The summed E-state index contributed by atoms with van der Waals surface area (Å²) in [7, 11) is 0. The molecule has 0 unspecified atom stereocenters. The average Bonchev–Trinajstić information content (AvgIpc) is 2.99. The van der Waals surface area contributed by atoms with Crippen LogP contribution in [0.3, 0.4) is 0 Å². The van der Waals surface area contributed by atoms with E-state index in [4.69, 9.17) is 4.74 Å². The summed E-state index contributed by atoms with van der Waals surface area (Å²) in [6.45, 7) is 3.50. The standard InChI is InChI=1S/C20H23Br2N5O3/c1-13-8-18(25-20(24-13)27-6-4-2-3-5-7-27)30-12-17(28)26-23-11-14-9-15(21)10-16(22)19(14)29/h8-11,29H,2-7,12H2,1H3,(H,26,28). The third kappa shape index (κ3) is 6.40. The smallest absolute Gasteiger partial charge is 0.278 e. The molecule has 8 nitrogen and oxygen atoms in total. The lowest BCUT2D eigenvalue weighted by atomic mass is 10.2. The van der Waals surface area contributed by atoms with Crippen LogP contribution in [0.4, 0.5) is 5.95 Å². The fraction of sp³-hybridized carbons (Fsp3) is 0.400. The Labute approximate surface area is 192 Å². The number of anilines is 1. The zero-order valence-electron chi connectivity index (χ0n) is 16.6. The Hall–Kier alpha value is -2.20. The minimum Gasteiger partial charge on any atom is -0.506 e. The van der Waals surface area contributed by atoms with Crippen molar-refractivity contribution < 1.29 is 14.6 Å². The van der Waals surface area contributed by atoms with Crippen molar-refractivity contribution in [3.05, 3.63) is 38.4 Å². The molecule has 0 radical (unpaired) electrons. The summed E-state index contributed by atoms with van der Waals surface area (Å²) in [6.07, 6.45) is 6.05. The number of hydrazone groups is 1. The number of aromatic hydroxyl groups is 1. The Morgan fingerprint density at radius 3 is 2.70 bits per heavy atom. The summed E-state index contributed by atoms with van der Waals surface area (Å²) in [6, 6.07) is 5.10. The zero-order chi connectivity index (χ0) is 21.5. The molecule has 0 aliphatic carbocycles. The first-order chi connectivity index (χ1) is 14.4. The van der Waals surface area contributed by atoms with Crippen molar-refractivity contribution >= 4 is 49.9 Å². The molecule has 0 saturated carbocycles. The van der Waals surface area contributed by atoms with Crippen LogP contribution in [0.2, 0.25) is 0 Å². The molecule has 160 valence electrons. The van der Waals surface area contributed by atoms with Crippen molar-refractivity contribution in [2.45, 2.75) is 32.6 Å². The number of aryl methyl sites for hydroxylation is 1. The summed E-state index contributed by atoms with van der Waals surface area (Å²) in [5.74, 6) is 0.591. The topological polar surface area (TPSA) is 99.9 Å². The van der Waals surface area contributed by atoms with E-state index in [1.807, 2.05) is 6.92 Å². The molecule has 1 amide bonds. The minimum atomic E-state index is -0.438. The molecule has 1 fully saturated rings. The van der Waals surface area contributed by atoms with Crippen LogP contribution in [-0.2, 0) is 4.79 Å². The van der Waals surface area contributed by atoms with Crippen molar-refractivity contribution in [1.29, 1.82) is 0 Å². The normalized spacial score (nSPS) is 14.6. The van der Waals surface area contributed by atoms with Gasteiger partial charge in [0.2, 0.25) is 11.8 Å². The molecule has 1 aromatic heterocycles. The predicted molar refractivity (Wildman–Crippen MR) is 122 cm³/mol. The van der Waals surface area contributed by atoms with Gasteiger partial charge < -0.3 is 14.7 Å². The van der Waals surface area contributed by atoms with Crippen LogP contribution in [0.5, 0.6) is 11.6 Å². The van der Waals surface area contributed by atoms with Crippen LogP contribution in [0.25, 0.3) is 0 Å². The number of benzene rings is 1. The number of phenols is 1. The van der Waals surface area contributed by atoms with Gasteiger partial charge in [-0.2, -0.15) is 10.1 Å². The fourth-order valence-corrected chi connectivity index (χ4v) is 4.30. The Morgan fingerprint density at radius 1 is 1.23 bits per heavy atom. The number of carbonyl (C=O) groups excluding carboxylic acids is 1. The molecule has 30 heavy (non-hydrogen) atoms. The summed E-state index contributed by atoms with van der Waals surface area (Å²) in [4.78, 5) is 23.2. The van der Waals surface area contributed by atoms with Crippen molar-refractivity contribution in [1.82, 2.24) is 15.4 Å². The van der Waals surface area contributed by atoms with Gasteiger partial charge in [-0.15, -0.1) is 0 Å². The monoisotopic (exact) mass is 539 g/mol. The van der Waals surface area contributed by atoms with Gasteiger partial charge >= 0.3 is 0 Å². The van der Waals surface area contributed by atoms with Crippen LogP contribution in [0.1, 0.15) is 36.9 Å². The third-order valence-electron chi connectivity index (χ3n) is 4.51. The molecule has 0 bridgehead atoms. The van der Waals surface area contributed by atoms with Crippen LogP contribution >= 0.6 is 31.9 Å². The number of aromatic nitrogens is 2. The fourth-order valence-electron chi connectivity index (χ4n) is 3.04. The van der Waals surface area contributed by atoms with Gasteiger partial charge in [0.25, 0.3) is 5.91 Å². The number of halogens is 2. The highest BCUT2D eigenvalue weighted by Gasteiger charge is 2.15. The van der Waals surface area contributed by atoms with Gasteiger partial charge in [0.1, 0.15) is 5.75 Å². The summed E-state index contributed by atoms with van der Waals surface area (Å²) < 4.78 is 6.83. The Kier molecular flexibility index (Phi) is 8.03. The predicted octanol–water partition coefficient (Wildman–Crippen LogP) is 3.93. The largest absolute Gasteiger partial charge is 0.506 e. The van der Waals surface area contributed by atoms with E-state index < -0.39 is 5.91 Å². The van der Waals surface area contributed by atoms with Crippen molar-refractivity contribution in [3.63, 3.8) is 0 Å². The molecule has 2 heterocycles. The van der Waals surface area contributed by atoms with E-state index in [1.54, 1.807) is 18.2 Å². The van der Waals surface area contributed by atoms with Gasteiger partial charge in [0.15, 0.2) is 6.61 Å². The van der Waals surface area contributed by atoms with E-state index >= 15 is 0 Å². The van der Waals surface area contributed by atoms with Crippen LogP contribution < -0.4 is 15.1 Å². The van der Waals surface area contributed by atoms with Gasteiger partial charge in [0, 0.05) is 34.9 Å². The van der Waals surface area contributed by atoms with Crippen LogP contribution in [0, 0.1) is 6.92 Å². The number of amides is 1. The maximum atomic E-state index is 12.1. The van der Waals surface area contributed by atoms with Crippen molar-refractivity contribution in [3.8, 4) is 11.6 Å². The summed E-state index contributed by atoms with van der Waals surface area (Å²) >= 11 is 6.59. The number of phenolic OH excluding ortho intramolecular Hbond substituents is 1. The molecule has 0 atom stereocenters. The molecule has 1 aliphatic rings. The third-order valence-corrected chi connectivity index (χ3v) is 5.57. The molecule has 2 N–H and O–H groups in total. The number of hydrogen-bond acceptors (Lipinski definition) is 7. The summed E-state index contributed by atoms with van der Waals surface area (Å²) in [5, 5.41) is 13.9. The lowest BCUT2D eigenvalue weighted by Gasteiger charge is -2.20. The number of ether oxygens (including phenoxy) is 1. The van der Waals surface area contributed by atoms with Gasteiger partial charge in [-0.3, -0.25) is 4.79 Å². The zero-order valence-corrected chi connectivity index (χ0v) is 19.7. The molecule has 2 aromatic rings. The van der Waals surface area contributed by atoms with Gasteiger partial charge in [-0.1, -0.05) is 28.8 Å². The molecular formula is C20H23Br2N5O3. The Balaban J connectivity index is 1.57. The molecular weight excluding hydrogens is 518 g/mol. The second-order valence-electron chi connectivity index (χ2n) is 6.96. The van der Waals surface area contributed by atoms with E-state index in [2.05, 4.69) is 57.3 Å². The van der Waals surface area contributed by atoms with E-state index in [0.717, 1.165) is 36.1 Å². The van der Waals surface area contributed by atoms with E-state index in [-0.39, 0.29) is 12.4 Å². The highest BCUT2D eigenvalue weighted by molar-refractivity contribution is 9.11. The van der Waals surface area contributed by atoms with E-state index in [1.165, 1.54) is 19.1 Å². The maximum Gasteiger partial charge on any atom is 0.278 e. The highest BCUT2D eigenvalue weighted by atomic mass is 79.9. The second-order valence-corrected chi connectivity index (χ2v) is 8.73. The molecule has 0 spiro atoms. The van der Waals surface area contributed by atoms with E-state index in [9.17, 15) is 9.90 Å². The lowest BCUT2D eigenvalue weighted by Crippen LogP contribution is -2.27. The summed E-state index contributed by atoms with van der Waals surface area (Å²) in [5.41, 5.74) is 3.61. The number of nitrogens with one attached hydrogen (secondary N) is 1. The first-order valence-electron chi connectivity index (χ1n) is 9.66. The average molecular weight is 541 g/mol. The van der Waals surface area contributed by atoms with Crippen LogP contribution in [0.15, 0.2) is 32.2 Å². The van der Waals surface area contributed by atoms with Gasteiger partial charge in [-0.05, 0) is 47.8 Å². The van der Waals surface area contributed by atoms with Crippen LogP contribution in [-0.4, -0.2) is 46.9 Å². The first-order valence-corrected chi connectivity index (χ1v) is 11.2. The maximum absolute atomic E-state index is 12.1. The molecule has 1 aromatic carbocycles. The molecule has 1 saturated heterocycles. The van der Waals surface area contributed by atoms with E-state index in [0.29, 0.717) is 21.9 Å². The highest BCUT2D eigenvalue weighted by Crippen LogP contribution is 2.30.